The minimum atomic E-state index is -3.82. The highest BCUT2D eigenvalue weighted by Crippen LogP contribution is 2.54. The molecule has 3 aromatic rings. The molecule has 2 amide bonds. The van der Waals surface area contributed by atoms with E-state index in [0.29, 0.717) is 29.9 Å². The zero-order chi connectivity index (χ0) is 23.2. The molecule has 9 nitrogen and oxygen atoms in total. The van der Waals surface area contributed by atoms with E-state index in [4.69, 9.17) is 5.73 Å². The minimum Gasteiger partial charge on any atom is -0.384 e. The summed E-state index contributed by atoms with van der Waals surface area (Å²) >= 11 is 0. The first-order chi connectivity index (χ1) is 15.8. The summed E-state index contributed by atoms with van der Waals surface area (Å²) in [5.41, 5.74) is 6.80. The second-order valence-corrected chi connectivity index (χ2v) is 10.5. The lowest BCUT2D eigenvalue weighted by molar-refractivity contribution is 0.251. The maximum atomic E-state index is 13.3. The highest BCUT2D eigenvalue weighted by molar-refractivity contribution is 7.92. The smallest absolute Gasteiger partial charge is 0.320 e. The SMILES string of the molecule is Nc1cc(C2(S(=O)(=O)c3ccc(F)cc3)CC2)nc(-c2ccc(NC(=O)NC3CC3)nc2)n1. The molecule has 1 aromatic carbocycles. The number of nitrogens with zero attached hydrogens (tertiary/aromatic N) is 3. The lowest BCUT2D eigenvalue weighted by atomic mass is 10.2. The summed E-state index contributed by atoms with van der Waals surface area (Å²) in [4.78, 5) is 24.9. The number of urea groups is 1. The average Bonchev–Trinajstić information content (AvgIpc) is 3.69. The fourth-order valence-corrected chi connectivity index (χ4v) is 5.57. The third kappa shape index (κ3) is 4.11. The lowest BCUT2D eigenvalue weighted by Crippen LogP contribution is -2.30. The third-order valence-electron chi connectivity index (χ3n) is 5.73. The molecular formula is C22H21FN6O3S. The molecule has 0 aliphatic heterocycles. The predicted octanol–water partition coefficient (Wildman–Crippen LogP) is 3.01. The van der Waals surface area contributed by atoms with E-state index >= 15 is 0 Å². The summed E-state index contributed by atoms with van der Waals surface area (Å²) < 4.78 is 38.7. The summed E-state index contributed by atoms with van der Waals surface area (Å²) in [5.74, 6) is 0.204. The van der Waals surface area contributed by atoms with Crippen LogP contribution >= 0.6 is 0 Å². The fourth-order valence-electron chi connectivity index (χ4n) is 3.61. The standard InChI is InChI=1S/C22H21FN6O3S/c23-14-2-6-16(7-3-14)33(31,32)22(9-10-22)17-11-18(24)28-20(27-17)13-1-8-19(25-12-13)29-21(30)26-15-4-5-15/h1-3,6-8,11-12,15H,4-5,9-10H2,(H2,24,27,28)(H2,25,26,29,30). The Kier molecular flexibility index (Phi) is 5.00. The van der Waals surface area contributed by atoms with Crippen LogP contribution in [0.4, 0.5) is 20.8 Å². The van der Waals surface area contributed by atoms with Crippen LogP contribution in [0.3, 0.4) is 0 Å². The molecule has 11 heteroatoms. The van der Waals surface area contributed by atoms with Gasteiger partial charge in [-0.2, -0.15) is 0 Å². The first-order valence-electron chi connectivity index (χ1n) is 10.5. The normalized spacial score (nSPS) is 16.8. The van der Waals surface area contributed by atoms with Crippen molar-refractivity contribution in [2.75, 3.05) is 11.1 Å². The van der Waals surface area contributed by atoms with Gasteiger partial charge in [-0.25, -0.2) is 32.6 Å². The Bertz CT molecular complexity index is 1320. The summed E-state index contributed by atoms with van der Waals surface area (Å²) in [6, 6.07) is 9.40. The number of aromatic nitrogens is 3. The van der Waals surface area contributed by atoms with E-state index in [2.05, 4.69) is 25.6 Å². The van der Waals surface area contributed by atoms with Crippen LogP contribution in [0, 0.1) is 5.82 Å². The second-order valence-electron chi connectivity index (χ2n) is 8.26. The number of benzene rings is 1. The molecule has 33 heavy (non-hydrogen) atoms. The Morgan fingerprint density at radius 1 is 1.09 bits per heavy atom. The second kappa shape index (κ2) is 7.77. The molecule has 170 valence electrons. The number of pyridine rings is 1. The molecule has 2 saturated carbocycles. The van der Waals surface area contributed by atoms with Crippen LogP contribution in [0.2, 0.25) is 0 Å². The predicted molar refractivity (Wildman–Crippen MR) is 119 cm³/mol. The number of hydrogen-bond acceptors (Lipinski definition) is 7. The largest absolute Gasteiger partial charge is 0.384 e. The number of carbonyl (C=O) groups is 1. The van der Waals surface area contributed by atoms with Crippen LogP contribution in [-0.4, -0.2) is 35.4 Å². The van der Waals surface area contributed by atoms with E-state index in [1.807, 2.05) is 0 Å². The number of halogens is 1. The zero-order valence-electron chi connectivity index (χ0n) is 17.5. The van der Waals surface area contributed by atoms with Gasteiger partial charge in [-0.15, -0.1) is 0 Å². The Hall–Kier alpha value is -3.60. The molecule has 0 spiro atoms. The number of nitrogens with one attached hydrogen (secondary N) is 2. The quantitative estimate of drug-likeness (QED) is 0.472. The van der Waals surface area contributed by atoms with Gasteiger partial charge in [0.1, 0.15) is 22.2 Å². The van der Waals surface area contributed by atoms with Crippen molar-refractivity contribution in [2.45, 2.75) is 41.4 Å². The highest BCUT2D eigenvalue weighted by atomic mass is 32.2. The molecular weight excluding hydrogens is 447 g/mol. The van der Waals surface area contributed by atoms with E-state index in [1.165, 1.54) is 24.4 Å². The van der Waals surface area contributed by atoms with Crippen molar-refractivity contribution in [1.29, 1.82) is 0 Å². The van der Waals surface area contributed by atoms with E-state index in [1.54, 1.807) is 12.1 Å². The number of nitrogen functional groups attached to an aromatic ring is 1. The minimum absolute atomic E-state index is 0.0294. The van der Waals surface area contributed by atoms with Gasteiger partial charge in [-0.3, -0.25) is 5.32 Å². The van der Waals surface area contributed by atoms with Crippen molar-refractivity contribution in [3.63, 3.8) is 0 Å². The van der Waals surface area contributed by atoms with E-state index in [0.717, 1.165) is 25.0 Å². The topological polar surface area (TPSA) is 140 Å². The zero-order valence-corrected chi connectivity index (χ0v) is 18.3. The van der Waals surface area contributed by atoms with Gasteiger partial charge >= 0.3 is 6.03 Å². The summed E-state index contributed by atoms with van der Waals surface area (Å²) in [6.45, 7) is 0. The number of rotatable bonds is 6. The van der Waals surface area contributed by atoms with E-state index < -0.39 is 20.4 Å². The van der Waals surface area contributed by atoms with Crippen LogP contribution in [0.25, 0.3) is 11.4 Å². The highest BCUT2D eigenvalue weighted by Gasteiger charge is 2.57. The van der Waals surface area contributed by atoms with Gasteiger partial charge in [0.15, 0.2) is 15.7 Å². The maximum absolute atomic E-state index is 13.3. The molecule has 0 unspecified atom stereocenters. The van der Waals surface area contributed by atoms with Gasteiger partial charge in [0, 0.05) is 23.9 Å². The van der Waals surface area contributed by atoms with Crippen LogP contribution in [0.5, 0.6) is 0 Å². The Labute approximate surface area is 189 Å². The van der Waals surface area contributed by atoms with Gasteiger partial charge in [0.25, 0.3) is 0 Å². The van der Waals surface area contributed by atoms with Gasteiger partial charge < -0.3 is 11.1 Å². The van der Waals surface area contributed by atoms with Crippen molar-refractivity contribution < 1.29 is 17.6 Å². The molecule has 2 aliphatic carbocycles. The molecule has 0 saturated heterocycles. The number of sulfone groups is 1. The van der Waals surface area contributed by atoms with Crippen molar-refractivity contribution in [1.82, 2.24) is 20.3 Å². The first kappa shape index (κ1) is 21.3. The lowest BCUT2D eigenvalue weighted by Gasteiger charge is -2.17. The monoisotopic (exact) mass is 468 g/mol. The fraction of sp³-hybridized carbons (Fsp3) is 0.273. The third-order valence-corrected chi connectivity index (χ3v) is 8.27. The molecule has 2 aromatic heterocycles. The molecule has 2 heterocycles. The summed E-state index contributed by atoms with van der Waals surface area (Å²) in [7, 11) is -3.82. The van der Waals surface area contributed by atoms with Crippen molar-refractivity contribution >= 4 is 27.5 Å². The van der Waals surface area contributed by atoms with Crippen molar-refractivity contribution in [3.8, 4) is 11.4 Å². The molecule has 2 fully saturated rings. The molecule has 5 rings (SSSR count). The van der Waals surface area contributed by atoms with Crippen LogP contribution in [0.1, 0.15) is 31.4 Å². The van der Waals surface area contributed by atoms with Crippen molar-refractivity contribution in [3.05, 3.63) is 60.2 Å². The molecule has 0 radical (unpaired) electrons. The summed E-state index contributed by atoms with van der Waals surface area (Å²) in [6.07, 6.45) is 4.19. The van der Waals surface area contributed by atoms with Crippen LogP contribution in [0.15, 0.2) is 53.6 Å². The van der Waals surface area contributed by atoms with Gasteiger partial charge in [0.05, 0.1) is 10.6 Å². The number of amides is 2. The number of anilines is 2. The molecule has 4 N–H and O–H groups in total. The van der Waals surface area contributed by atoms with Crippen LogP contribution < -0.4 is 16.4 Å². The van der Waals surface area contributed by atoms with E-state index in [-0.39, 0.29) is 28.6 Å². The number of hydrogen-bond donors (Lipinski definition) is 3. The average molecular weight is 469 g/mol. The first-order valence-corrected chi connectivity index (χ1v) is 11.9. The Balaban J connectivity index is 1.42. The molecule has 2 aliphatic rings. The van der Waals surface area contributed by atoms with Gasteiger partial charge in [-0.1, -0.05) is 0 Å². The van der Waals surface area contributed by atoms with Crippen molar-refractivity contribution in [2.24, 2.45) is 0 Å². The summed E-state index contributed by atoms with van der Waals surface area (Å²) in [5, 5.41) is 5.47. The van der Waals surface area contributed by atoms with E-state index in [9.17, 15) is 17.6 Å². The van der Waals surface area contributed by atoms with Gasteiger partial charge in [-0.05, 0) is 62.1 Å². The molecule has 0 bridgehead atoms. The Morgan fingerprint density at radius 2 is 1.82 bits per heavy atom. The van der Waals surface area contributed by atoms with Gasteiger partial charge in [0.2, 0.25) is 0 Å². The number of carbonyl (C=O) groups excluding carboxylic acids is 1. The molecule has 0 atom stereocenters. The number of nitrogens with two attached hydrogens (primary N) is 1. The van der Waals surface area contributed by atoms with Crippen LogP contribution in [-0.2, 0) is 14.6 Å². The maximum Gasteiger partial charge on any atom is 0.320 e. The Morgan fingerprint density at radius 3 is 2.42 bits per heavy atom.